The van der Waals surface area contributed by atoms with E-state index in [1.807, 2.05) is 19.1 Å². The number of benzene rings is 1. The van der Waals surface area contributed by atoms with Gasteiger partial charge in [0.1, 0.15) is 25.0 Å². The Hall–Kier alpha value is -1.06. The Kier molecular flexibility index (Phi) is 5.44. The molecule has 3 nitrogen and oxygen atoms in total. The van der Waals surface area contributed by atoms with Gasteiger partial charge in [0, 0.05) is 0 Å². The van der Waals surface area contributed by atoms with Crippen molar-refractivity contribution in [3.8, 4) is 5.75 Å². The third-order valence-corrected chi connectivity index (χ3v) is 4.34. The molecule has 0 bridgehead atoms. The molecule has 3 unspecified atom stereocenters. The molecule has 0 radical (unpaired) electrons. The van der Waals surface area contributed by atoms with Gasteiger partial charge in [-0.05, 0) is 51.7 Å². The van der Waals surface area contributed by atoms with Crippen LogP contribution in [0.1, 0.15) is 37.3 Å². The van der Waals surface area contributed by atoms with Crippen LogP contribution in [-0.4, -0.2) is 36.9 Å². The third kappa shape index (κ3) is 4.22. The maximum absolute atomic E-state index is 10.2. The molecule has 3 heteroatoms. The molecule has 0 aliphatic carbocycles. The summed E-state index contributed by atoms with van der Waals surface area (Å²) in [6.07, 6.45) is 3.51. The number of ether oxygens (including phenoxy) is 1. The minimum absolute atomic E-state index is 0.383. The summed E-state index contributed by atoms with van der Waals surface area (Å²) in [4.78, 5) is 1.52. The van der Waals surface area contributed by atoms with E-state index in [2.05, 4.69) is 19.9 Å². The molecule has 0 amide bonds. The number of hydrogen-bond acceptors (Lipinski definition) is 2. The van der Waals surface area contributed by atoms with E-state index in [4.69, 9.17) is 4.74 Å². The van der Waals surface area contributed by atoms with Gasteiger partial charge < -0.3 is 14.7 Å². The lowest BCUT2D eigenvalue weighted by Crippen LogP contribution is -3.17. The zero-order valence-corrected chi connectivity index (χ0v) is 13.0. The van der Waals surface area contributed by atoms with Gasteiger partial charge in [-0.25, -0.2) is 0 Å². The lowest BCUT2D eigenvalue weighted by molar-refractivity contribution is -0.931. The Balaban J connectivity index is 1.81. The number of likely N-dealkylation sites (tertiary alicyclic amines) is 1. The molecule has 112 valence electrons. The molecule has 1 aliphatic rings. The fourth-order valence-electron chi connectivity index (χ4n) is 3.07. The Bertz CT molecular complexity index is 433. The Morgan fingerprint density at radius 3 is 2.85 bits per heavy atom. The van der Waals surface area contributed by atoms with Crippen LogP contribution in [0.3, 0.4) is 0 Å². The van der Waals surface area contributed by atoms with E-state index in [1.165, 1.54) is 36.3 Å². The number of hydrogen-bond donors (Lipinski definition) is 2. The number of rotatable bonds is 5. The topological polar surface area (TPSA) is 33.9 Å². The smallest absolute Gasteiger partial charge is 0.137 e. The van der Waals surface area contributed by atoms with Crippen LogP contribution in [0.25, 0.3) is 0 Å². The van der Waals surface area contributed by atoms with Crippen molar-refractivity contribution in [1.29, 1.82) is 0 Å². The zero-order valence-electron chi connectivity index (χ0n) is 13.0. The second-order valence-corrected chi connectivity index (χ2v) is 6.24. The molecule has 1 heterocycles. The summed E-state index contributed by atoms with van der Waals surface area (Å²) in [5.74, 6) is 0.886. The van der Waals surface area contributed by atoms with Crippen LogP contribution >= 0.6 is 0 Å². The van der Waals surface area contributed by atoms with Gasteiger partial charge >= 0.3 is 0 Å². The molecule has 20 heavy (non-hydrogen) atoms. The number of aliphatic hydroxyl groups is 1. The summed E-state index contributed by atoms with van der Waals surface area (Å²) in [5.41, 5.74) is 2.37. The van der Waals surface area contributed by atoms with Crippen LogP contribution in [0.4, 0.5) is 0 Å². The lowest BCUT2D eigenvalue weighted by Gasteiger charge is -2.31. The Labute approximate surface area is 122 Å². The van der Waals surface area contributed by atoms with Gasteiger partial charge in [0.15, 0.2) is 0 Å². The Morgan fingerprint density at radius 2 is 2.15 bits per heavy atom. The standard InChI is InChI=1S/C17H27NO2/c1-13-7-8-17(14(2)10-13)20-12-16(19)11-18-9-5-4-6-15(18)3/h7-8,10,15-16,19H,4-6,9,11-12H2,1-3H3/p+1. The first-order valence-corrected chi connectivity index (χ1v) is 7.79. The van der Waals surface area contributed by atoms with Crippen LogP contribution in [0.2, 0.25) is 0 Å². The van der Waals surface area contributed by atoms with Gasteiger partial charge in [0.25, 0.3) is 0 Å². The van der Waals surface area contributed by atoms with Crippen molar-refractivity contribution in [2.45, 2.75) is 52.2 Å². The highest BCUT2D eigenvalue weighted by Gasteiger charge is 2.24. The van der Waals surface area contributed by atoms with E-state index >= 15 is 0 Å². The van der Waals surface area contributed by atoms with Crippen LogP contribution < -0.4 is 9.64 Å². The fourth-order valence-corrected chi connectivity index (χ4v) is 3.07. The zero-order chi connectivity index (χ0) is 14.5. The van der Waals surface area contributed by atoms with Gasteiger partial charge in [0.05, 0.1) is 12.6 Å². The van der Waals surface area contributed by atoms with E-state index in [9.17, 15) is 5.11 Å². The fraction of sp³-hybridized carbons (Fsp3) is 0.647. The first kappa shape index (κ1) is 15.3. The number of aryl methyl sites for hydroxylation is 2. The minimum Gasteiger partial charge on any atom is -0.490 e. The van der Waals surface area contributed by atoms with Crippen molar-refractivity contribution in [2.75, 3.05) is 19.7 Å². The lowest BCUT2D eigenvalue weighted by atomic mass is 10.0. The highest BCUT2D eigenvalue weighted by molar-refractivity contribution is 5.35. The van der Waals surface area contributed by atoms with Gasteiger partial charge in [-0.1, -0.05) is 17.7 Å². The normalized spacial score (nSPS) is 24.4. The highest BCUT2D eigenvalue weighted by atomic mass is 16.5. The second-order valence-electron chi connectivity index (χ2n) is 6.24. The average molecular weight is 278 g/mol. The molecule has 2 rings (SSSR count). The van der Waals surface area contributed by atoms with E-state index in [1.54, 1.807) is 0 Å². The SMILES string of the molecule is Cc1ccc(OCC(O)C[NH+]2CCCCC2C)c(C)c1. The van der Waals surface area contributed by atoms with E-state index in [0.29, 0.717) is 12.6 Å². The number of quaternary nitrogens is 1. The highest BCUT2D eigenvalue weighted by Crippen LogP contribution is 2.18. The molecule has 1 aromatic carbocycles. The van der Waals surface area contributed by atoms with Crippen LogP contribution in [0, 0.1) is 13.8 Å². The molecule has 1 saturated heterocycles. The van der Waals surface area contributed by atoms with Crippen molar-refractivity contribution < 1.29 is 14.7 Å². The first-order chi connectivity index (χ1) is 9.56. The number of piperidine rings is 1. The quantitative estimate of drug-likeness (QED) is 0.856. The van der Waals surface area contributed by atoms with E-state index < -0.39 is 0 Å². The van der Waals surface area contributed by atoms with Crippen molar-refractivity contribution in [3.05, 3.63) is 29.3 Å². The third-order valence-electron chi connectivity index (χ3n) is 4.34. The van der Waals surface area contributed by atoms with Crippen LogP contribution in [0.5, 0.6) is 5.75 Å². The minimum atomic E-state index is -0.383. The molecular weight excluding hydrogens is 250 g/mol. The van der Waals surface area contributed by atoms with E-state index in [-0.39, 0.29) is 6.10 Å². The predicted octanol–water partition coefficient (Wildman–Crippen LogP) is 1.50. The molecule has 2 N–H and O–H groups in total. The maximum Gasteiger partial charge on any atom is 0.137 e. The van der Waals surface area contributed by atoms with Crippen LogP contribution in [-0.2, 0) is 0 Å². The van der Waals surface area contributed by atoms with Gasteiger partial charge in [0.2, 0.25) is 0 Å². The summed E-state index contributed by atoms with van der Waals surface area (Å²) >= 11 is 0. The number of aliphatic hydroxyl groups excluding tert-OH is 1. The molecule has 1 aromatic rings. The monoisotopic (exact) mass is 278 g/mol. The summed E-state index contributed by atoms with van der Waals surface area (Å²) in [5, 5.41) is 10.2. The second kappa shape index (κ2) is 7.09. The van der Waals surface area contributed by atoms with Crippen molar-refractivity contribution in [2.24, 2.45) is 0 Å². The molecular formula is C17H28NO2+. The van der Waals surface area contributed by atoms with Crippen molar-refractivity contribution in [1.82, 2.24) is 0 Å². The van der Waals surface area contributed by atoms with Crippen LogP contribution in [0.15, 0.2) is 18.2 Å². The molecule has 1 aliphatic heterocycles. The molecule has 0 saturated carbocycles. The van der Waals surface area contributed by atoms with Gasteiger partial charge in [-0.15, -0.1) is 0 Å². The summed E-state index contributed by atoms with van der Waals surface area (Å²) in [6, 6.07) is 6.82. The van der Waals surface area contributed by atoms with Gasteiger partial charge in [-0.2, -0.15) is 0 Å². The first-order valence-electron chi connectivity index (χ1n) is 7.79. The molecule has 1 fully saturated rings. The summed E-state index contributed by atoms with van der Waals surface area (Å²) in [7, 11) is 0. The van der Waals surface area contributed by atoms with E-state index in [0.717, 1.165) is 17.9 Å². The maximum atomic E-state index is 10.2. The molecule has 3 atom stereocenters. The molecule has 0 spiro atoms. The van der Waals surface area contributed by atoms with Crippen molar-refractivity contribution in [3.63, 3.8) is 0 Å². The summed E-state index contributed by atoms with van der Waals surface area (Å²) < 4.78 is 5.77. The largest absolute Gasteiger partial charge is 0.490 e. The predicted molar refractivity (Wildman–Crippen MR) is 81.4 cm³/mol. The van der Waals surface area contributed by atoms with Crippen molar-refractivity contribution >= 4 is 0 Å². The number of nitrogens with one attached hydrogen (secondary N) is 1. The Morgan fingerprint density at radius 1 is 1.35 bits per heavy atom. The summed E-state index contributed by atoms with van der Waals surface area (Å²) in [6.45, 7) is 8.78. The average Bonchev–Trinajstić information content (AvgIpc) is 2.40. The van der Waals surface area contributed by atoms with Gasteiger partial charge in [-0.3, -0.25) is 0 Å². The molecule has 0 aromatic heterocycles.